The monoisotopic (exact) mass is 444 g/mol. The maximum atomic E-state index is 12.6. The van der Waals surface area contributed by atoms with E-state index < -0.39 is 0 Å². The molecule has 0 saturated heterocycles. The Hall–Kier alpha value is -2.58. The molecule has 3 rings (SSSR count). The summed E-state index contributed by atoms with van der Waals surface area (Å²) < 4.78 is 13.2. The lowest BCUT2D eigenvalue weighted by molar-refractivity contribution is -0.143. The van der Waals surface area contributed by atoms with Crippen molar-refractivity contribution in [3.63, 3.8) is 0 Å². The molecule has 0 aliphatic carbocycles. The summed E-state index contributed by atoms with van der Waals surface area (Å²) in [6.45, 7) is 4.61. The fraction of sp³-hybridized carbons (Fsp3) is 0.318. The Bertz CT molecular complexity index is 1100. The van der Waals surface area contributed by atoms with Gasteiger partial charge in [-0.05, 0) is 56.0 Å². The van der Waals surface area contributed by atoms with Gasteiger partial charge in [-0.2, -0.15) is 4.99 Å². The minimum Gasteiger partial charge on any atom is -0.494 e. The van der Waals surface area contributed by atoms with Gasteiger partial charge in [0.25, 0.3) is 5.91 Å². The summed E-state index contributed by atoms with van der Waals surface area (Å²) in [5.41, 5.74) is 1.72. The summed E-state index contributed by atoms with van der Waals surface area (Å²) >= 11 is 3.03. The number of rotatable bonds is 8. The maximum absolute atomic E-state index is 12.6. The molecule has 0 N–H and O–H groups in total. The number of hydrogen-bond donors (Lipinski definition) is 0. The topological polar surface area (TPSA) is 69.9 Å². The molecule has 6 nitrogen and oxygen atoms in total. The zero-order valence-corrected chi connectivity index (χ0v) is 18.8. The van der Waals surface area contributed by atoms with Gasteiger partial charge < -0.3 is 14.0 Å². The second-order valence-corrected chi connectivity index (χ2v) is 8.26. The second kappa shape index (κ2) is 10.4. The standard InChI is InChI=1S/C22H24N2O4S2/c1-4-27-16-8-6-15(7-9-16)12-20(25)23-22-24(14-21(26)28-5-2)18-11-10-17(29-3)13-19(18)30-22/h6-11,13H,4-5,12,14H2,1-3H3. The molecule has 0 radical (unpaired) electrons. The minimum atomic E-state index is -0.355. The third-order valence-corrected chi connectivity index (χ3v) is 6.06. The van der Waals surface area contributed by atoms with Crippen LogP contribution in [0.5, 0.6) is 5.75 Å². The van der Waals surface area contributed by atoms with Crippen molar-refractivity contribution in [1.29, 1.82) is 0 Å². The number of ether oxygens (including phenoxy) is 2. The maximum Gasteiger partial charge on any atom is 0.326 e. The van der Waals surface area contributed by atoms with E-state index in [1.807, 2.05) is 55.6 Å². The van der Waals surface area contributed by atoms with Crippen LogP contribution >= 0.6 is 23.1 Å². The first-order chi connectivity index (χ1) is 14.5. The molecule has 0 spiro atoms. The molecule has 0 fully saturated rings. The van der Waals surface area contributed by atoms with Gasteiger partial charge in [0.05, 0.1) is 29.9 Å². The number of fused-ring (bicyclic) bond motifs is 1. The number of nitrogens with zero attached hydrogens (tertiary/aromatic N) is 2. The normalized spacial score (nSPS) is 11.6. The van der Waals surface area contributed by atoms with Crippen LogP contribution in [-0.2, 0) is 27.3 Å². The van der Waals surface area contributed by atoms with E-state index >= 15 is 0 Å². The van der Waals surface area contributed by atoms with Crippen molar-refractivity contribution >= 4 is 45.2 Å². The molecule has 0 aliphatic rings. The van der Waals surface area contributed by atoms with Crippen molar-refractivity contribution in [2.24, 2.45) is 4.99 Å². The van der Waals surface area contributed by atoms with Crippen molar-refractivity contribution in [2.75, 3.05) is 19.5 Å². The summed E-state index contributed by atoms with van der Waals surface area (Å²) in [6, 6.07) is 13.4. The van der Waals surface area contributed by atoms with Gasteiger partial charge in [0.1, 0.15) is 12.3 Å². The number of esters is 1. The van der Waals surface area contributed by atoms with Crippen molar-refractivity contribution < 1.29 is 19.1 Å². The number of thioether (sulfide) groups is 1. The van der Waals surface area contributed by atoms with E-state index in [9.17, 15) is 9.59 Å². The Morgan fingerprint density at radius 2 is 1.87 bits per heavy atom. The highest BCUT2D eigenvalue weighted by molar-refractivity contribution is 7.98. The lowest BCUT2D eigenvalue weighted by atomic mass is 10.1. The van der Waals surface area contributed by atoms with Gasteiger partial charge in [0.2, 0.25) is 0 Å². The molecular formula is C22H24N2O4S2. The Morgan fingerprint density at radius 1 is 1.10 bits per heavy atom. The molecule has 0 bridgehead atoms. The summed E-state index contributed by atoms with van der Waals surface area (Å²) in [4.78, 5) is 30.7. The van der Waals surface area contributed by atoms with Crippen LogP contribution < -0.4 is 9.54 Å². The predicted octanol–water partition coefficient (Wildman–Crippen LogP) is 4.06. The molecule has 0 aliphatic heterocycles. The van der Waals surface area contributed by atoms with Gasteiger partial charge in [-0.3, -0.25) is 9.59 Å². The Balaban J connectivity index is 1.92. The Labute approximate surface area is 183 Å². The number of carbonyl (C=O) groups is 2. The van der Waals surface area contributed by atoms with Gasteiger partial charge in [-0.1, -0.05) is 23.5 Å². The van der Waals surface area contributed by atoms with Crippen LogP contribution in [0, 0.1) is 0 Å². The summed E-state index contributed by atoms with van der Waals surface area (Å²) in [5.74, 6) is 0.145. The van der Waals surface area contributed by atoms with Gasteiger partial charge in [-0.15, -0.1) is 11.8 Å². The van der Waals surface area contributed by atoms with Crippen LogP contribution in [0.1, 0.15) is 19.4 Å². The Kier molecular flexibility index (Phi) is 7.70. The lowest BCUT2D eigenvalue weighted by Gasteiger charge is -2.06. The molecule has 8 heteroatoms. The average molecular weight is 445 g/mol. The molecule has 0 atom stereocenters. The van der Waals surface area contributed by atoms with Gasteiger partial charge in [0.15, 0.2) is 4.80 Å². The van der Waals surface area contributed by atoms with Crippen molar-refractivity contribution in [3.8, 4) is 5.75 Å². The molecule has 1 amide bonds. The third kappa shape index (κ3) is 5.52. The van der Waals surface area contributed by atoms with E-state index in [1.54, 1.807) is 23.3 Å². The quantitative estimate of drug-likeness (QED) is 0.387. The van der Waals surface area contributed by atoms with Gasteiger partial charge in [0, 0.05) is 4.90 Å². The number of hydrogen-bond acceptors (Lipinski definition) is 6. The number of benzene rings is 2. The predicted molar refractivity (Wildman–Crippen MR) is 120 cm³/mol. The highest BCUT2D eigenvalue weighted by atomic mass is 32.2. The van der Waals surface area contributed by atoms with Gasteiger partial charge in [-0.25, -0.2) is 0 Å². The fourth-order valence-corrected chi connectivity index (χ4v) is 4.55. The number of thiazole rings is 1. The zero-order valence-electron chi connectivity index (χ0n) is 17.2. The van der Waals surface area contributed by atoms with E-state index in [0.29, 0.717) is 18.0 Å². The van der Waals surface area contributed by atoms with Gasteiger partial charge >= 0.3 is 5.97 Å². The molecule has 0 saturated carbocycles. The van der Waals surface area contributed by atoms with Crippen LogP contribution in [0.2, 0.25) is 0 Å². The first-order valence-electron chi connectivity index (χ1n) is 9.66. The summed E-state index contributed by atoms with van der Waals surface area (Å²) in [7, 11) is 0. The zero-order chi connectivity index (χ0) is 21.5. The highest BCUT2D eigenvalue weighted by Gasteiger charge is 2.13. The van der Waals surface area contributed by atoms with E-state index in [-0.39, 0.29) is 24.8 Å². The lowest BCUT2D eigenvalue weighted by Crippen LogP contribution is -2.23. The third-order valence-electron chi connectivity index (χ3n) is 4.29. The molecule has 3 aromatic rings. The molecule has 2 aromatic carbocycles. The second-order valence-electron chi connectivity index (χ2n) is 6.37. The van der Waals surface area contributed by atoms with E-state index in [1.165, 1.54) is 11.3 Å². The first-order valence-corrected chi connectivity index (χ1v) is 11.7. The summed E-state index contributed by atoms with van der Waals surface area (Å²) in [5, 5.41) is 0. The Morgan fingerprint density at radius 3 is 2.53 bits per heavy atom. The van der Waals surface area contributed by atoms with Crippen LogP contribution in [-0.4, -0.2) is 35.9 Å². The highest BCUT2D eigenvalue weighted by Crippen LogP contribution is 2.24. The largest absolute Gasteiger partial charge is 0.494 e. The first kappa shape index (κ1) is 22.1. The minimum absolute atomic E-state index is 0.0155. The van der Waals surface area contributed by atoms with Crippen molar-refractivity contribution in [1.82, 2.24) is 4.57 Å². The molecule has 30 heavy (non-hydrogen) atoms. The molecule has 158 valence electrons. The van der Waals surface area contributed by atoms with Crippen LogP contribution in [0.15, 0.2) is 52.4 Å². The number of carbonyl (C=O) groups excluding carboxylic acids is 2. The van der Waals surface area contributed by atoms with Crippen LogP contribution in [0.3, 0.4) is 0 Å². The fourth-order valence-electron chi connectivity index (χ4n) is 2.95. The SMILES string of the molecule is CCOC(=O)Cn1c(=NC(=O)Cc2ccc(OCC)cc2)sc2cc(SC)ccc21. The molecule has 1 heterocycles. The average Bonchev–Trinajstić information content (AvgIpc) is 3.05. The van der Waals surface area contributed by atoms with E-state index in [2.05, 4.69) is 4.99 Å². The smallest absolute Gasteiger partial charge is 0.326 e. The molecule has 0 unspecified atom stereocenters. The van der Waals surface area contributed by atoms with E-state index in [0.717, 1.165) is 26.4 Å². The van der Waals surface area contributed by atoms with Crippen molar-refractivity contribution in [2.45, 2.75) is 31.7 Å². The number of amides is 1. The molecular weight excluding hydrogens is 420 g/mol. The summed E-state index contributed by atoms with van der Waals surface area (Å²) in [6.07, 6.45) is 2.18. The van der Waals surface area contributed by atoms with E-state index in [4.69, 9.17) is 9.47 Å². The van der Waals surface area contributed by atoms with Crippen LogP contribution in [0.25, 0.3) is 10.2 Å². The molecule has 1 aromatic heterocycles. The van der Waals surface area contributed by atoms with Crippen molar-refractivity contribution in [3.05, 3.63) is 52.8 Å². The van der Waals surface area contributed by atoms with Crippen LogP contribution in [0.4, 0.5) is 0 Å². The number of aromatic nitrogens is 1.